The Hall–Kier alpha value is -2.94. The predicted octanol–water partition coefficient (Wildman–Crippen LogP) is 6.06. The van der Waals surface area contributed by atoms with Gasteiger partial charge in [0.05, 0.1) is 16.2 Å². The Morgan fingerprint density at radius 1 is 1.06 bits per heavy atom. The molecule has 1 N–H and O–H groups in total. The number of thiazole rings is 1. The summed E-state index contributed by atoms with van der Waals surface area (Å²) in [6.45, 7) is 6.34. The molecule has 0 spiro atoms. The van der Waals surface area contributed by atoms with Crippen LogP contribution in [0.4, 0.5) is 10.8 Å². The molecular weight excluding hydrogens is 500 g/mol. The zero-order valence-corrected chi connectivity index (χ0v) is 21.6. The van der Waals surface area contributed by atoms with E-state index in [-0.39, 0.29) is 27.3 Å². The first kappa shape index (κ1) is 22.5. The van der Waals surface area contributed by atoms with E-state index in [1.165, 1.54) is 16.2 Å². The van der Waals surface area contributed by atoms with Crippen LogP contribution in [0.2, 0.25) is 5.02 Å². The molecule has 3 aliphatic heterocycles. The number of aromatic nitrogens is 1. The number of thioether (sulfide) groups is 1. The van der Waals surface area contributed by atoms with E-state index < -0.39 is 5.54 Å². The molecular formula is C26H21ClN4O2S2. The van der Waals surface area contributed by atoms with Crippen LogP contribution in [0.3, 0.4) is 0 Å². The molecule has 0 aliphatic carbocycles. The third-order valence-electron chi connectivity index (χ3n) is 7.05. The topological polar surface area (TPSA) is 77.4 Å². The maximum atomic E-state index is 14.0. The molecule has 4 heterocycles. The molecule has 176 valence electrons. The van der Waals surface area contributed by atoms with Crippen LogP contribution < -0.4 is 9.80 Å². The molecule has 1 aromatic heterocycles. The van der Waals surface area contributed by atoms with E-state index >= 15 is 0 Å². The van der Waals surface area contributed by atoms with Crippen LogP contribution in [-0.4, -0.2) is 27.5 Å². The van der Waals surface area contributed by atoms with Crippen LogP contribution in [0.15, 0.2) is 58.9 Å². The van der Waals surface area contributed by atoms with Gasteiger partial charge in [0.2, 0.25) is 0 Å². The lowest BCUT2D eigenvalue weighted by Crippen LogP contribution is -2.54. The molecule has 6 nitrogen and oxygen atoms in total. The number of hydrogen-bond donors (Lipinski definition) is 1. The fourth-order valence-corrected chi connectivity index (χ4v) is 7.47. The van der Waals surface area contributed by atoms with Crippen molar-refractivity contribution in [3.63, 3.8) is 0 Å². The lowest BCUT2D eigenvalue weighted by Gasteiger charge is -2.49. The van der Waals surface area contributed by atoms with E-state index in [1.54, 1.807) is 11.6 Å². The minimum atomic E-state index is -0.508. The minimum absolute atomic E-state index is 0.0524. The maximum absolute atomic E-state index is 14.0. The van der Waals surface area contributed by atoms with E-state index in [2.05, 4.69) is 31.8 Å². The molecule has 0 saturated carbocycles. The first-order valence-corrected chi connectivity index (χ1v) is 13.2. The molecule has 3 aliphatic rings. The third-order valence-corrected chi connectivity index (χ3v) is 9.02. The Morgan fingerprint density at radius 3 is 2.49 bits per heavy atom. The lowest BCUT2D eigenvalue weighted by atomic mass is 9.65. The van der Waals surface area contributed by atoms with E-state index in [4.69, 9.17) is 17.0 Å². The van der Waals surface area contributed by atoms with Crippen molar-refractivity contribution in [1.82, 2.24) is 4.98 Å². The van der Waals surface area contributed by atoms with Crippen molar-refractivity contribution < 1.29 is 9.59 Å². The van der Waals surface area contributed by atoms with Crippen molar-refractivity contribution >= 4 is 68.1 Å². The van der Waals surface area contributed by atoms with Gasteiger partial charge in [-0.15, -0.1) is 11.3 Å². The van der Waals surface area contributed by atoms with Gasteiger partial charge in [-0.2, -0.15) is 0 Å². The van der Waals surface area contributed by atoms with Crippen LogP contribution in [0.1, 0.15) is 43.9 Å². The fourth-order valence-electron chi connectivity index (χ4n) is 5.71. The van der Waals surface area contributed by atoms with Crippen LogP contribution in [0.25, 0.3) is 5.57 Å². The Labute approximate surface area is 216 Å². The van der Waals surface area contributed by atoms with Gasteiger partial charge in [-0.25, -0.2) is 9.88 Å². The molecule has 1 unspecified atom stereocenters. The second kappa shape index (κ2) is 7.53. The van der Waals surface area contributed by atoms with Crippen LogP contribution in [0, 0.1) is 5.41 Å². The SMILES string of the molecule is CC1(c2ccc(Cl)cc2)CC(C)(C)N2C(=O)/C(=C3\SC(=N)N(c4nccs4)C3=O)c3cccc1c32. The van der Waals surface area contributed by atoms with Crippen molar-refractivity contribution in [2.45, 2.75) is 38.1 Å². The van der Waals surface area contributed by atoms with Gasteiger partial charge in [-0.1, -0.05) is 48.9 Å². The summed E-state index contributed by atoms with van der Waals surface area (Å²) < 4.78 is 0. The molecule has 6 rings (SSSR count). The van der Waals surface area contributed by atoms with Crippen molar-refractivity contribution in [3.8, 4) is 0 Å². The number of nitrogens with one attached hydrogen (secondary N) is 1. The summed E-state index contributed by atoms with van der Waals surface area (Å²) in [5.74, 6) is -0.575. The summed E-state index contributed by atoms with van der Waals surface area (Å²) in [6.07, 6.45) is 2.30. The third kappa shape index (κ3) is 3.09. The number of hydrogen-bond acceptors (Lipinski definition) is 6. The molecule has 3 aromatic rings. The molecule has 0 bridgehead atoms. The average molecular weight is 521 g/mol. The summed E-state index contributed by atoms with van der Waals surface area (Å²) in [7, 11) is 0. The van der Waals surface area contributed by atoms with E-state index in [9.17, 15) is 9.59 Å². The van der Waals surface area contributed by atoms with E-state index in [0.717, 1.165) is 34.1 Å². The number of benzene rings is 2. The van der Waals surface area contributed by atoms with Gasteiger partial charge in [0.25, 0.3) is 11.8 Å². The standard InChI is InChI=1S/C26H21ClN4O2S2/c1-25(2)13-26(3,14-7-9-15(27)10-8-14)17-6-4-5-16-18(21(32)31(25)19(16)17)20-22(33)30(23(28)35-20)24-29-11-12-34-24/h4-12,28H,13H2,1-3H3/b20-18-,28-23?. The summed E-state index contributed by atoms with van der Waals surface area (Å²) in [5.41, 5.74) is 3.26. The number of anilines is 2. The summed E-state index contributed by atoms with van der Waals surface area (Å²) in [4.78, 5) is 35.1. The first-order chi connectivity index (χ1) is 16.6. The Balaban J connectivity index is 1.57. The highest BCUT2D eigenvalue weighted by atomic mass is 35.5. The maximum Gasteiger partial charge on any atom is 0.274 e. The second-order valence-corrected chi connectivity index (χ2v) is 12.0. The summed E-state index contributed by atoms with van der Waals surface area (Å²) >= 11 is 8.49. The fraction of sp³-hybridized carbons (Fsp3) is 0.231. The van der Waals surface area contributed by atoms with E-state index in [0.29, 0.717) is 22.1 Å². The molecule has 1 atom stereocenters. The Bertz CT molecular complexity index is 1460. The molecule has 35 heavy (non-hydrogen) atoms. The zero-order valence-electron chi connectivity index (χ0n) is 19.3. The Kier molecular flexibility index (Phi) is 4.84. The number of para-hydroxylation sites is 1. The summed E-state index contributed by atoms with van der Waals surface area (Å²) in [6, 6.07) is 13.8. The van der Waals surface area contributed by atoms with Crippen LogP contribution >= 0.6 is 34.7 Å². The number of nitrogens with zero attached hydrogens (tertiary/aromatic N) is 3. The van der Waals surface area contributed by atoms with Gasteiger partial charge in [0.1, 0.15) is 0 Å². The molecule has 2 amide bonds. The summed E-state index contributed by atoms with van der Waals surface area (Å²) in [5, 5.41) is 11.4. The van der Waals surface area contributed by atoms with Crippen molar-refractivity contribution in [2.24, 2.45) is 0 Å². The number of carbonyl (C=O) groups is 2. The minimum Gasteiger partial charge on any atom is -0.302 e. The van der Waals surface area contributed by atoms with Crippen molar-refractivity contribution in [3.05, 3.63) is 80.7 Å². The smallest absolute Gasteiger partial charge is 0.274 e. The van der Waals surface area contributed by atoms with Gasteiger partial charge in [0, 0.05) is 33.1 Å². The number of rotatable bonds is 2. The molecule has 0 radical (unpaired) electrons. The molecule has 2 aromatic carbocycles. The van der Waals surface area contributed by atoms with E-state index in [1.807, 2.05) is 41.3 Å². The Morgan fingerprint density at radius 2 is 1.80 bits per heavy atom. The monoisotopic (exact) mass is 520 g/mol. The number of amides is 2. The van der Waals surface area contributed by atoms with Gasteiger partial charge in [-0.05, 0) is 55.3 Å². The van der Waals surface area contributed by atoms with Crippen molar-refractivity contribution in [1.29, 1.82) is 5.41 Å². The first-order valence-electron chi connectivity index (χ1n) is 11.1. The van der Waals surface area contributed by atoms with Crippen LogP contribution in [0.5, 0.6) is 0 Å². The molecule has 9 heteroatoms. The zero-order chi connectivity index (χ0) is 24.7. The van der Waals surface area contributed by atoms with Crippen LogP contribution in [-0.2, 0) is 15.0 Å². The highest BCUT2D eigenvalue weighted by Gasteiger charge is 2.54. The quantitative estimate of drug-likeness (QED) is 0.417. The van der Waals surface area contributed by atoms with Gasteiger partial charge in [-0.3, -0.25) is 15.0 Å². The number of halogens is 1. The average Bonchev–Trinajstić information content (AvgIpc) is 3.49. The molecule has 1 saturated heterocycles. The second-order valence-electron chi connectivity index (χ2n) is 9.74. The highest BCUT2D eigenvalue weighted by Crippen LogP contribution is 2.57. The lowest BCUT2D eigenvalue weighted by molar-refractivity contribution is -0.115. The number of carbonyl (C=O) groups excluding carboxylic acids is 2. The van der Waals surface area contributed by atoms with Gasteiger partial charge < -0.3 is 4.90 Å². The molecule has 1 fully saturated rings. The highest BCUT2D eigenvalue weighted by molar-refractivity contribution is 8.19. The normalized spacial score (nSPS) is 25.0. The number of amidine groups is 1. The largest absolute Gasteiger partial charge is 0.302 e. The van der Waals surface area contributed by atoms with Gasteiger partial charge >= 0.3 is 0 Å². The van der Waals surface area contributed by atoms with Crippen molar-refractivity contribution in [2.75, 3.05) is 9.80 Å². The van der Waals surface area contributed by atoms with Gasteiger partial charge in [0.15, 0.2) is 10.3 Å². The predicted molar refractivity (Wildman–Crippen MR) is 142 cm³/mol.